The Bertz CT molecular complexity index is 2190. The van der Waals surface area contributed by atoms with Gasteiger partial charge in [-0.25, -0.2) is 31.0 Å². The van der Waals surface area contributed by atoms with Gasteiger partial charge in [0.15, 0.2) is 5.82 Å². The smallest absolute Gasteiger partial charge is 0.266 e. The minimum Gasteiger partial charge on any atom is -0.321 e. The average molecular weight is 691 g/mol. The summed E-state index contributed by atoms with van der Waals surface area (Å²) >= 11 is 6.56. The number of halogens is 5. The van der Waals surface area contributed by atoms with Crippen LogP contribution < -0.4 is 16.0 Å². The Morgan fingerprint density at radius 1 is 1.06 bits per heavy atom. The summed E-state index contributed by atoms with van der Waals surface area (Å²) in [6.07, 6.45) is -2.18. The Kier molecular flexibility index (Phi) is 8.33. The summed E-state index contributed by atoms with van der Waals surface area (Å²) < 4.78 is 86.2. The van der Waals surface area contributed by atoms with E-state index in [4.69, 9.17) is 22.3 Å². The molecule has 0 bridgehead atoms. The van der Waals surface area contributed by atoms with E-state index in [1.807, 2.05) is 20.8 Å². The van der Waals surface area contributed by atoms with Gasteiger partial charge in [0.25, 0.3) is 12.0 Å². The lowest BCUT2D eigenvalue weighted by atomic mass is 9.86. The summed E-state index contributed by atoms with van der Waals surface area (Å²) in [6.45, 7) is 5.02. The highest BCUT2D eigenvalue weighted by Gasteiger charge is 2.37. The first-order chi connectivity index (χ1) is 22.0. The number of aromatic nitrogens is 4. The summed E-state index contributed by atoms with van der Waals surface area (Å²) in [7, 11) is -3.89. The zero-order valence-electron chi connectivity index (χ0n) is 25.6. The van der Waals surface area contributed by atoms with E-state index >= 15 is 0 Å². The molecule has 9 nitrogen and oxygen atoms in total. The zero-order valence-corrected chi connectivity index (χ0v) is 27.1. The maximum atomic E-state index is 14.4. The topological polar surface area (TPSA) is 125 Å². The van der Waals surface area contributed by atoms with Crippen LogP contribution >= 0.6 is 11.6 Å². The van der Waals surface area contributed by atoms with Gasteiger partial charge in [-0.05, 0) is 72.2 Å². The molecule has 3 aromatic carbocycles. The molecule has 1 unspecified atom stereocenters. The number of nitrogens with zero attached hydrogens (tertiary/aromatic N) is 4. The van der Waals surface area contributed by atoms with Crippen molar-refractivity contribution < 1.29 is 26.0 Å². The number of nitrogens with two attached hydrogens (primary N) is 1. The van der Waals surface area contributed by atoms with E-state index in [9.17, 15) is 30.8 Å². The molecule has 15 heteroatoms. The first-order valence-corrected chi connectivity index (χ1v) is 16.7. The Balaban J connectivity index is 1.64. The Hall–Kier alpha value is -4.01. The normalized spacial score (nSPS) is 14.8. The number of benzene rings is 3. The van der Waals surface area contributed by atoms with E-state index in [1.54, 1.807) is 18.2 Å². The molecule has 3 N–H and O–H groups in total. The van der Waals surface area contributed by atoms with Crippen molar-refractivity contribution in [2.24, 2.45) is 5.73 Å². The third-order valence-electron chi connectivity index (χ3n) is 8.05. The SMILES string of the molecule is CC(C)(C)c1ccc2c(=O)n(-c3ccc(Cl)c4c(NS(=O)(=O)C5CC5)nn(CC(F)F)c34)c(C(N)Cc3cc(F)cc(F)c3)nc2c1. The molecule has 1 fully saturated rings. The predicted molar refractivity (Wildman–Crippen MR) is 173 cm³/mol. The fraction of sp³-hybridized carbons (Fsp3) is 0.344. The molecular formula is C32H31ClF4N6O3S. The van der Waals surface area contributed by atoms with Gasteiger partial charge in [-0.1, -0.05) is 38.4 Å². The van der Waals surface area contributed by atoms with Gasteiger partial charge in [-0.3, -0.25) is 18.8 Å². The molecule has 1 atom stereocenters. The van der Waals surface area contributed by atoms with Crippen molar-refractivity contribution in [3.05, 3.63) is 92.5 Å². The highest BCUT2D eigenvalue weighted by atomic mass is 35.5. The summed E-state index contributed by atoms with van der Waals surface area (Å²) in [5.74, 6) is -1.94. The van der Waals surface area contributed by atoms with E-state index < -0.39 is 51.5 Å². The molecule has 248 valence electrons. The maximum Gasteiger partial charge on any atom is 0.266 e. The highest BCUT2D eigenvalue weighted by Crippen LogP contribution is 2.38. The number of sulfonamides is 1. The van der Waals surface area contributed by atoms with Gasteiger partial charge in [0.1, 0.15) is 24.0 Å². The lowest BCUT2D eigenvalue weighted by Crippen LogP contribution is -2.30. The van der Waals surface area contributed by atoms with Crippen LogP contribution in [0.1, 0.15) is 56.6 Å². The minimum atomic E-state index is -3.89. The standard InChI is InChI=1S/C32H31ClF4N6O3S/c1-32(2,3)17-4-7-21-24(13-17)39-30(23(38)12-16-10-18(34)14-19(35)11-16)43(31(21)44)25-9-8-22(33)27-28(25)42(15-26(36)37)40-29(27)41-47(45,46)20-5-6-20/h4,7-11,13-14,20,23,26H,5-6,12,15,38H2,1-3H3,(H,40,41). The van der Waals surface area contributed by atoms with Crippen molar-refractivity contribution in [3.8, 4) is 5.69 Å². The van der Waals surface area contributed by atoms with Crippen molar-refractivity contribution in [1.29, 1.82) is 0 Å². The van der Waals surface area contributed by atoms with Crippen molar-refractivity contribution in [1.82, 2.24) is 19.3 Å². The van der Waals surface area contributed by atoms with Gasteiger partial charge in [0, 0.05) is 6.07 Å². The second kappa shape index (κ2) is 11.9. The molecule has 1 aliphatic carbocycles. The minimum absolute atomic E-state index is 0.00385. The summed E-state index contributed by atoms with van der Waals surface area (Å²) in [5.41, 5.74) is 7.04. The van der Waals surface area contributed by atoms with Crippen LogP contribution in [0, 0.1) is 11.6 Å². The number of nitrogens with one attached hydrogen (secondary N) is 1. The molecule has 0 radical (unpaired) electrons. The van der Waals surface area contributed by atoms with Gasteiger partial charge < -0.3 is 5.73 Å². The summed E-state index contributed by atoms with van der Waals surface area (Å²) in [5, 5.41) is 3.70. The average Bonchev–Trinajstić information content (AvgIpc) is 3.77. The quantitative estimate of drug-likeness (QED) is 0.173. The van der Waals surface area contributed by atoms with Gasteiger partial charge in [-0.2, -0.15) is 5.10 Å². The molecule has 0 aliphatic heterocycles. The fourth-order valence-corrected chi connectivity index (χ4v) is 7.18. The second-order valence-corrected chi connectivity index (χ2v) is 15.1. The lowest BCUT2D eigenvalue weighted by molar-refractivity contribution is 0.123. The van der Waals surface area contributed by atoms with Gasteiger partial charge in [-0.15, -0.1) is 0 Å². The number of hydrogen-bond acceptors (Lipinski definition) is 6. The first-order valence-electron chi connectivity index (χ1n) is 14.8. The molecule has 2 heterocycles. The van der Waals surface area contributed by atoms with Crippen LogP contribution in [0.15, 0.2) is 53.3 Å². The number of anilines is 1. The molecule has 47 heavy (non-hydrogen) atoms. The molecule has 1 aliphatic rings. The van der Waals surface area contributed by atoms with Crippen LogP contribution in [0.4, 0.5) is 23.4 Å². The Morgan fingerprint density at radius 2 is 1.74 bits per heavy atom. The highest BCUT2D eigenvalue weighted by molar-refractivity contribution is 7.93. The van der Waals surface area contributed by atoms with Gasteiger partial charge >= 0.3 is 0 Å². The first kappa shape index (κ1) is 32.9. The Labute approximate surface area is 272 Å². The summed E-state index contributed by atoms with van der Waals surface area (Å²) in [6, 6.07) is 9.76. The Morgan fingerprint density at radius 3 is 2.36 bits per heavy atom. The molecule has 0 amide bonds. The number of fused-ring (bicyclic) bond motifs is 2. The lowest BCUT2D eigenvalue weighted by Gasteiger charge is -2.22. The van der Waals surface area contributed by atoms with Gasteiger partial charge in [0.2, 0.25) is 10.0 Å². The van der Waals surface area contributed by atoms with Crippen LogP contribution in [0.3, 0.4) is 0 Å². The number of hydrogen-bond donors (Lipinski definition) is 2. The fourth-order valence-electron chi connectivity index (χ4n) is 5.60. The largest absolute Gasteiger partial charge is 0.321 e. The van der Waals surface area contributed by atoms with E-state index in [1.165, 1.54) is 12.1 Å². The molecule has 5 aromatic rings. The van der Waals surface area contributed by atoms with E-state index in [0.717, 1.165) is 33.0 Å². The molecule has 1 saturated carbocycles. The van der Waals surface area contributed by atoms with Crippen molar-refractivity contribution in [2.45, 2.75) is 69.7 Å². The molecule has 0 saturated heterocycles. The van der Waals surface area contributed by atoms with Crippen LogP contribution in [-0.2, 0) is 28.4 Å². The van der Waals surface area contributed by atoms with Crippen LogP contribution in [0.2, 0.25) is 5.02 Å². The molecule has 0 spiro atoms. The van der Waals surface area contributed by atoms with E-state index in [0.29, 0.717) is 18.4 Å². The zero-order chi connectivity index (χ0) is 34.0. The molecule has 2 aromatic heterocycles. The monoisotopic (exact) mass is 690 g/mol. The molecule has 6 rings (SSSR count). The van der Waals surface area contributed by atoms with Crippen LogP contribution in [0.5, 0.6) is 0 Å². The van der Waals surface area contributed by atoms with Crippen molar-refractivity contribution in [3.63, 3.8) is 0 Å². The van der Waals surface area contributed by atoms with Crippen LogP contribution in [-0.4, -0.2) is 39.4 Å². The summed E-state index contributed by atoms with van der Waals surface area (Å²) in [4.78, 5) is 19.2. The van der Waals surface area contributed by atoms with Gasteiger partial charge in [0.05, 0.1) is 43.8 Å². The van der Waals surface area contributed by atoms with Crippen LogP contribution in [0.25, 0.3) is 27.5 Å². The second-order valence-electron chi connectivity index (χ2n) is 12.7. The third-order valence-corrected chi connectivity index (χ3v) is 10.2. The maximum absolute atomic E-state index is 14.4. The number of alkyl halides is 2. The molecular weight excluding hydrogens is 660 g/mol. The third kappa shape index (κ3) is 6.46. The van der Waals surface area contributed by atoms with E-state index in [2.05, 4.69) is 9.82 Å². The predicted octanol–water partition coefficient (Wildman–Crippen LogP) is 6.38. The van der Waals surface area contributed by atoms with Crippen molar-refractivity contribution >= 4 is 49.2 Å². The van der Waals surface area contributed by atoms with E-state index in [-0.39, 0.29) is 56.0 Å². The van der Waals surface area contributed by atoms with Crippen molar-refractivity contribution in [2.75, 3.05) is 4.72 Å². The number of rotatable bonds is 9.